The topological polar surface area (TPSA) is 90.4 Å². The molecule has 1 aromatic heterocycles. The summed E-state index contributed by atoms with van der Waals surface area (Å²) in [5.74, 6) is -0.224. The first kappa shape index (κ1) is 20.6. The molecule has 0 amide bonds. The van der Waals surface area contributed by atoms with Gasteiger partial charge in [-0.05, 0) is 25.0 Å². The minimum atomic E-state index is -0.467. The number of para-hydroxylation sites is 1. The Morgan fingerprint density at radius 1 is 1.21 bits per heavy atom. The molecule has 0 unspecified atom stereocenters. The van der Waals surface area contributed by atoms with Crippen LogP contribution in [0.4, 0.5) is 5.13 Å². The molecule has 0 radical (unpaired) electrons. The molecule has 1 aliphatic rings. The number of methoxy groups -OCH3 is 1. The van der Waals surface area contributed by atoms with Crippen molar-refractivity contribution in [1.29, 1.82) is 0 Å². The van der Waals surface area contributed by atoms with E-state index in [1.165, 1.54) is 49.5 Å². The molecule has 150 valence electrons. The third-order valence-corrected chi connectivity index (χ3v) is 6.39. The van der Waals surface area contributed by atoms with E-state index in [0.717, 1.165) is 18.0 Å². The van der Waals surface area contributed by atoms with Crippen molar-refractivity contribution in [2.75, 3.05) is 24.8 Å². The highest BCUT2D eigenvalue weighted by Crippen LogP contribution is 2.28. The highest BCUT2D eigenvalue weighted by atomic mass is 32.2. The molecule has 3 rings (SSSR count). The third kappa shape index (κ3) is 5.93. The number of ketones is 1. The number of rotatable bonds is 9. The molecule has 1 fully saturated rings. The van der Waals surface area contributed by atoms with E-state index in [0.29, 0.717) is 21.7 Å². The molecule has 0 spiro atoms. The summed E-state index contributed by atoms with van der Waals surface area (Å²) in [6, 6.07) is 7.32. The van der Waals surface area contributed by atoms with Crippen LogP contribution in [0, 0.1) is 0 Å². The van der Waals surface area contributed by atoms with Crippen molar-refractivity contribution in [3.8, 4) is 5.75 Å². The number of aromatic nitrogens is 2. The summed E-state index contributed by atoms with van der Waals surface area (Å²) in [4.78, 5) is 24.1. The van der Waals surface area contributed by atoms with Gasteiger partial charge in [-0.1, -0.05) is 54.5 Å². The van der Waals surface area contributed by atoms with Crippen LogP contribution in [-0.4, -0.2) is 47.5 Å². The summed E-state index contributed by atoms with van der Waals surface area (Å²) >= 11 is 2.69. The van der Waals surface area contributed by atoms with Gasteiger partial charge in [0.05, 0.1) is 18.4 Å². The van der Waals surface area contributed by atoms with Crippen LogP contribution in [0.15, 0.2) is 28.6 Å². The number of ether oxygens (including phenoxy) is 2. The molecule has 1 aromatic carbocycles. The van der Waals surface area contributed by atoms with E-state index in [9.17, 15) is 9.59 Å². The largest absolute Gasteiger partial charge is 0.496 e. The summed E-state index contributed by atoms with van der Waals surface area (Å²) in [6.07, 6.45) is 6.12. The van der Waals surface area contributed by atoms with Crippen LogP contribution in [0.25, 0.3) is 0 Å². The normalized spacial score (nSPS) is 14.5. The molecule has 7 nitrogen and oxygen atoms in total. The highest BCUT2D eigenvalue weighted by Gasteiger charge is 2.17. The van der Waals surface area contributed by atoms with Crippen LogP contribution in [-0.2, 0) is 9.53 Å². The highest BCUT2D eigenvalue weighted by molar-refractivity contribution is 8.01. The molecule has 28 heavy (non-hydrogen) atoms. The van der Waals surface area contributed by atoms with E-state index >= 15 is 0 Å². The van der Waals surface area contributed by atoms with Crippen molar-refractivity contribution >= 4 is 40.0 Å². The Balaban J connectivity index is 1.41. The van der Waals surface area contributed by atoms with Crippen molar-refractivity contribution in [2.45, 2.75) is 42.5 Å². The van der Waals surface area contributed by atoms with Gasteiger partial charge in [-0.15, -0.1) is 10.2 Å². The second-order valence-electron chi connectivity index (χ2n) is 6.43. The van der Waals surface area contributed by atoms with Crippen LogP contribution < -0.4 is 10.1 Å². The van der Waals surface area contributed by atoms with Crippen molar-refractivity contribution in [1.82, 2.24) is 10.2 Å². The van der Waals surface area contributed by atoms with Crippen molar-refractivity contribution in [3.05, 3.63) is 29.8 Å². The van der Waals surface area contributed by atoms with Crippen LogP contribution in [0.3, 0.4) is 0 Å². The number of anilines is 1. The lowest BCUT2D eigenvalue weighted by Crippen LogP contribution is -2.21. The maximum atomic E-state index is 12.2. The second-order valence-corrected chi connectivity index (χ2v) is 8.63. The van der Waals surface area contributed by atoms with Gasteiger partial charge in [0.15, 0.2) is 10.9 Å². The number of carbonyl (C=O) groups is 2. The number of nitrogens with zero attached hydrogens (tertiary/aromatic N) is 2. The lowest BCUT2D eigenvalue weighted by atomic mass is 9.96. The number of hydrogen-bond donors (Lipinski definition) is 1. The molecule has 1 heterocycles. The number of esters is 1. The average molecular weight is 422 g/mol. The lowest BCUT2D eigenvalue weighted by Gasteiger charge is -2.21. The molecule has 0 atom stereocenters. The van der Waals surface area contributed by atoms with Gasteiger partial charge in [-0.25, -0.2) is 0 Å². The monoisotopic (exact) mass is 421 g/mol. The molecule has 1 N–H and O–H groups in total. The van der Waals surface area contributed by atoms with Crippen molar-refractivity contribution in [3.63, 3.8) is 0 Å². The van der Waals surface area contributed by atoms with E-state index in [2.05, 4.69) is 15.5 Å². The molecular weight excluding hydrogens is 398 g/mol. The molecule has 9 heteroatoms. The maximum absolute atomic E-state index is 12.2. The second kappa shape index (κ2) is 10.4. The van der Waals surface area contributed by atoms with Gasteiger partial charge in [0, 0.05) is 6.04 Å². The predicted molar refractivity (Wildman–Crippen MR) is 109 cm³/mol. The van der Waals surface area contributed by atoms with Gasteiger partial charge in [0.2, 0.25) is 10.9 Å². The Labute approximate surface area is 172 Å². The smallest absolute Gasteiger partial charge is 0.316 e. The Kier molecular flexibility index (Phi) is 7.67. The number of hydrogen-bond acceptors (Lipinski definition) is 9. The predicted octanol–water partition coefficient (Wildman–Crippen LogP) is 3.81. The van der Waals surface area contributed by atoms with Gasteiger partial charge in [-0.2, -0.15) is 0 Å². The minimum absolute atomic E-state index is 0.0806. The van der Waals surface area contributed by atoms with Gasteiger partial charge < -0.3 is 14.8 Å². The SMILES string of the molecule is COc1ccccc1C(=O)COC(=O)CSc1nnc(NC2CCCCC2)s1. The van der Waals surface area contributed by atoms with E-state index in [1.54, 1.807) is 24.3 Å². The summed E-state index contributed by atoms with van der Waals surface area (Å²) in [7, 11) is 1.49. The molecular formula is C19H23N3O4S2. The zero-order valence-electron chi connectivity index (χ0n) is 15.7. The Morgan fingerprint density at radius 3 is 2.79 bits per heavy atom. The van der Waals surface area contributed by atoms with Crippen LogP contribution in [0.2, 0.25) is 0 Å². The molecule has 0 saturated heterocycles. The van der Waals surface area contributed by atoms with E-state index in [4.69, 9.17) is 9.47 Å². The van der Waals surface area contributed by atoms with Gasteiger partial charge >= 0.3 is 5.97 Å². The average Bonchev–Trinajstić information content (AvgIpc) is 3.18. The Hall–Kier alpha value is -2.13. The van der Waals surface area contributed by atoms with Gasteiger partial charge in [-0.3, -0.25) is 9.59 Å². The summed E-state index contributed by atoms with van der Waals surface area (Å²) in [5.41, 5.74) is 0.396. The molecule has 2 aromatic rings. The molecule has 0 bridgehead atoms. The first-order valence-corrected chi connectivity index (χ1v) is 11.0. The third-order valence-electron chi connectivity index (χ3n) is 4.42. The van der Waals surface area contributed by atoms with E-state index in [-0.39, 0.29) is 18.1 Å². The van der Waals surface area contributed by atoms with Crippen LogP contribution in [0.5, 0.6) is 5.75 Å². The van der Waals surface area contributed by atoms with Crippen molar-refractivity contribution < 1.29 is 19.1 Å². The fraction of sp³-hybridized carbons (Fsp3) is 0.474. The minimum Gasteiger partial charge on any atom is -0.496 e. The molecule has 1 aliphatic carbocycles. The van der Waals surface area contributed by atoms with Gasteiger partial charge in [0.1, 0.15) is 5.75 Å². The number of benzene rings is 1. The van der Waals surface area contributed by atoms with E-state index in [1.807, 2.05) is 0 Å². The number of thioether (sulfide) groups is 1. The van der Waals surface area contributed by atoms with E-state index < -0.39 is 5.97 Å². The fourth-order valence-electron chi connectivity index (χ4n) is 3.01. The maximum Gasteiger partial charge on any atom is 0.316 e. The summed E-state index contributed by atoms with van der Waals surface area (Å²) < 4.78 is 10.9. The number of carbonyl (C=O) groups excluding carboxylic acids is 2. The number of nitrogens with one attached hydrogen (secondary N) is 1. The lowest BCUT2D eigenvalue weighted by molar-refractivity contribution is -0.139. The Bertz CT molecular complexity index is 806. The molecule has 1 saturated carbocycles. The zero-order valence-corrected chi connectivity index (χ0v) is 17.3. The van der Waals surface area contributed by atoms with Crippen LogP contribution >= 0.6 is 23.1 Å². The first-order chi connectivity index (χ1) is 13.7. The van der Waals surface area contributed by atoms with Crippen LogP contribution in [0.1, 0.15) is 42.5 Å². The quantitative estimate of drug-likeness (QED) is 0.371. The zero-order chi connectivity index (χ0) is 19.8. The van der Waals surface area contributed by atoms with Gasteiger partial charge in [0.25, 0.3) is 0 Å². The summed E-state index contributed by atoms with van der Waals surface area (Å²) in [6.45, 7) is -0.315. The summed E-state index contributed by atoms with van der Waals surface area (Å²) in [5, 5.41) is 12.4. The molecule has 0 aliphatic heterocycles. The number of Topliss-reactive ketones (excluding diaryl/α,β-unsaturated/α-hetero) is 1. The van der Waals surface area contributed by atoms with Crippen molar-refractivity contribution in [2.24, 2.45) is 0 Å². The first-order valence-electron chi connectivity index (χ1n) is 9.20. The Morgan fingerprint density at radius 2 is 2.00 bits per heavy atom. The standard InChI is InChI=1S/C19H23N3O4S2/c1-25-16-10-6-5-9-14(16)15(23)11-26-17(24)12-27-19-22-21-18(28-19)20-13-7-3-2-4-8-13/h5-6,9-10,13H,2-4,7-8,11-12H2,1H3,(H,20,21). The fourth-order valence-corrected chi connectivity index (χ4v) is 4.64.